The second kappa shape index (κ2) is 6.39. The SMILES string of the molecule is CC(NC(C)C(C)CO)c1ccc(C(F)(F)F)cc1. The molecule has 5 heteroatoms. The van der Waals surface area contributed by atoms with Crippen molar-refractivity contribution in [2.45, 2.75) is 39.0 Å². The highest BCUT2D eigenvalue weighted by Crippen LogP contribution is 2.30. The number of halogens is 3. The van der Waals surface area contributed by atoms with Crippen molar-refractivity contribution in [2.24, 2.45) is 5.92 Å². The Kier molecular flexibility index (Phi) is 5.38. The summed E-state index contributed by atoms with van der Waals surface area (Å²) >= 11 is 0. The number of aliphatic hydroxyl groups is 1. The molecular formula is C14H20F3NO. The average Bonchev–Trinajstić information content (AvgIpc) is 2.36. The van der Waals surface area contributed by atoms with Crippen LogP contribution in [-0.4, -0.2) is 17.8 Å². The molecule has 0 aliphatic rings. The van der Waals surface area contributed by atoms with Crippen molar-refractivity contribution in [3.8, 4) is 0 Å². The van der Waals surface area contributed by atoms with Gasteiger partial charge in [-0.25, -0.2) is 0 Å². The lowest BCUT2D eigenvalue weighted by atomic mass is 10.0. The number of hydrogen-bond donors (Lipinski definition) is 2. The van der Waals surface area contributed by atoms with E-state index in [1.165, 1.54) is 12.1 Å². The van der Waals surface area contributed by atoms with Crippen LogP contribution in [0, 0.1) is 5.92 Å². The van der Waals surface area contributed by atoms with Crippen LogP contribution in [0.5, 0.6) is 0 Å². The summed E-state index contributed by atoms with van der Waals surface area (Å²) in [6.45, 7) is 5.83. The second-order valence-corrected chi connectivity index (χ2v) is 4.96. The van der Waals surface area contributed by atoms with Gasteiger partial charge >= 0.3 is 6.18 Å². The molecule has 19 heavy (non-hydrogen) atoms. The lowest BCUT2D eigenvalue weighted by Gasteiger charge is -2.24. The highest BCUT2D eigenvalue weighted by molar-refractivity contribution is 5.26. The van der Waals surface area contributed by atoms with Crippen molar-refractivity contribution in [1.29, 1.82) is 0 Å². The summed E-state index contributed by atoms with van der Waals surface area (Å²) in [6, 6.07) is 5.17. The average molecular weight is 275 g/mol. The molecule has 0 spiro atoms. The Morgan fingerprint density at radius 2 is 1.63 bits per heavy atom. The zero-order chi connectivity index (χ0) is 14.6. The fourth-order valence-corrected chi connectivity index (χ4v) is 1.77. The topological polar surface area (TPSA) is 32.3 Å². The van der Waals surface area contributed by atoms with E-state index in [9.17, 15) is 13.2 Å². The van der Waals surface area contributed by atoms with Gasteiger partial charge in [-0.3, -0.25) is 0 Å². The van der Waals surface area contributed by atoms with Crippen molar-refractivity contribution in [3.05, 3.63) is 35.4 Å². The molecule has 108 valence electrons. The van der Waals surface area contributed by atoms with Crippen LogP contribution in [-0.2, 0) is 6.18 Å². The smallest absolute Gasteiger partial charge is 0.396 e. The molecule has 1 aromatic rings. The molecular weight excluding hydrogens is 255 g/mol. The number of nitrogens with one attached hydrogen (secondary N) is 1. The third-order valence-corrected chi connectivity index (χ3v) is 3.39. The standard InChI is InChI=1S/C14H20F3NO/c1-9(8-19)10(2)18-11(3)12-4-6-13(7-5-12)14(15,16)17/h4-7,9-11,18-19H,8H2,1-3H3. The molecule has 1 rings (SSSR count). The Morgan fingerprint density at radius 1 is 1.11 bits per heavy atom. The maximum atomic E-state index is 12.4. The second-order valence-electron chi connectivity index (χ2n) is 4.96. The maximum absolute atomic E-state index is 12.4. The summed E-state index contributed by atoms with van der Waals surface area (Å²) in [6.07, 6.45) is -4.30. The maximum Gasteiger partial charge on any atom is 0.416 e. The molecule has 1 aromatic carbocycles. The van der Waals surface area contributed by atoms with Crippen LogP contribution in [0.15, 0.2) is 24.3 Å². The number of hydrogen-bond acceptors (Lipinski definition) is 2. The van der Waals surface area contributed by atoms with Gasteiger partial charge in [-0.1, -0.05) is 19.1 Å². The molecule has 0 aliphatic heterocycles. The number of alkyl halides is 3. The van der Waals surface area contributed by atoms with Crippen molar-refractivity contribution in [2.75, 3.05) is 6.61 Å². The molecule has 2 nitrogen and oxygen atoms in total. The van der Waals surface area contributed by atoms with E-state index >= 15 is 0 Å². The van der Waals surface area contributed by atoms with Crippen LogP contribution in [0.25, 0.3) is 0 Å². The Hall–Kier alpha value is -1.07. The van der Waals surface area contributed by atoms with E-state index in [2.05, 4.69) is 5.32 Å². The van der Waals surface area contributed by atoms with Crippen LogP contribution in [0.1, 0.15) is 37.9 Å². The van der Waals surface area contributed by atoms with Crippen LogP contribution in [0.3, 0.4) is 0 Å². The fourth-order valence-electron chi connectivity index (χ4n) is 1.77. The van der Waals surface area contributed by atoms with Crippen molar-refractivity contribution >= 4 is 0 Å². The fraction of sp³-hybridized carbons (Fsp3) is 0.571. The summed E-state index contributed by atoms with van der Waals surface area (Å²) in [4.78, 5) is 0. The largest absolute Gasteiger partial charge is 0.416 e. The summed E-state index contributed by atoms with van der Waals surface area (Å²) in [5.74, 6) is 0.0944. The summed E-state index contributed by atoms with van der Waals surface area (Å²) in [7, 11) is 0. The minimum atomic E-state index is -4.30. The van der Waals surface area contributed by atoms with Crippen LogP contribution in [0.2, 0.25) is 0 Å². The lowest BCUT2D eigenvalue weighted by molar-refractivity contribution is -0.137. The summed E-state index contributed by atoms with van der Waals surface area (Å²) in [5.41, 5.74) is 0.158. The molecule has 0 aliphatic carbocycles. The molecule has 0 saturated heterocycles. The predicted octanol–water partition coefficient (Wildman–Crippen LogP) is 3.37. The van der Waals surface area contributed by atoms with Gasteiger partial charge in [0.1, 0.15) is 0 Å². The molecule has 3 unspecified atom stereocenters. The minimum absolute atomic E-state index is 0.0636. The first-order valence-electron chi connectivity index (χ1n) is 6.29. The van der Waals surface area contributed by atoms with E-state index < -0.39 is 11.7 Å². The monoisotopic (exact) mass is 275 g/mol. The highest BCUT2D eigenvalue weighted by Gasteiger charge is 2.30. The molecule has 0 radical (unpaired) electrons. The molecule has 0 heterocycles. The van der Waals surface area contributed by atoms with E-state index in [1.807, 2.05) is 20.8 Å². The molecule has 2 N–H and O–H groups in total. The van der Waals surface area contributed by atoms with Crippen LogP contribution in [0.4, 0.5) is 13.2 Å². The van der Waals surface area contributed by atoms with Crippen LogP contribution >= 0.6 is 0 Å². The van der Waals surface area contributed by atoms with Gasteiger partial charge in [0.15, 0.2) is 0 Å². The first-order chi connectivity index (χ1) is 8.75. The Morgan fingerprint density at radius 3 is 2.05 bits per heavy atom. The molecule has 0 amide bonds. The third-order valence-electron chi connectivity index (χ3n) is 3.39. The van der Waals surface area contributed by atoms with Gasteiger partial charge in [0.05, 0.1) is 5.56 Å². The van der Waals surface area contributed by atoms with Gasteiger partial charge in [0.25, 0.3) is 0 Å². The van der Waals surface area contributed by atoms with Gasteiger partial charge in [0.2, 0.25) is 0 Å². The van der Waals surface area contributed by atoms with Gasteiger partial charge in [-0.05, 0) is 37.5 Å². The lowest BCUT2D eigenvalue weighted by Crippen LogP contribution is -2.35. The van der Waals surface area contributed by atoms with Gasteiger partial charge in [-0.15, -0.1) is 0 Å². The van der Waals surface area contributed by atoms with Crippen LogP contribution < -0.4 is 5.32 Å². The number of rotatable bonds is 5. The van der Waals surface area contributed by atoms with Crippen molar-refractivity contribution < 1.29 is 18.3 Å². The molecule has 0 aromatic heterocycles. The molecule has 0 saturated carbocycles. The van der Waals surface area contributed by atoms with Gasteiger partial charge in [-0.2, -0.15) is 13.2 Å². The van der Waals surface area contributed by atoms with E-state index in [4.69, 9.17) is 5.11 Å². The normalized spacial score (nSPS) is 17.0. The van der Waals surface area contributed by atoms with Crippen molar-refractivity contribution in [3.63, 3.8) is 0 Å². The predicted molar refractivity (Wildman–Crippen MR) is 68.7 cm³/mol. The molecule has 3 atom stereocenters. The van der Waals surface area contributed by atoms with Crippen molar-refractivity contribution in [1.82, 2.24) is 5.32 Å². The highest BCUT2D eigenvalue weighted by atomic mass is 19.4. The number of aliphatic hydroxyl groups excluding tert-OH is 1. The van der Waals surface area contributed by atoms with Gasteiger partial charge < -0.3 is 10.4 Å². The van der Waals surface area contributed by atoms with E-state index in [0.29, 0.717) is 0 Å². The number of benzene rings is 1. The molecule has 0 bridgehead atoms. The summed E-state index contributed by atoms with van der Waals surface area (Å²) < 4.78 is 37.3. The van der Waals surface area contributed by atoms with E-state index in [1.54, 1.807) is 0 Å². The Labute approximate surface area is 111 Å². The van der Waals surface area contributed by atoms with E-state index in [-0.39, 0.29) is 24.6 Å². The van der Waals surface area contributed by atoms with E-state index in [0.717, 1.165) is 17.7 Å². The first kappa shape index (κ1) is 16.0. The minimum Gasteiger partial charge on any atom is -0.396 e. The Bertz CT molecular complexity index is 389. The quantitative estimate of drug-likeness (QED) is 0.863. The van der Waals surface area contributed by atoms with Gasteiger partial charge in [0, 0.05) is 18.7 Å². The zero-order valence-corrected chi connectivity index (χ0v) is 11.3. The summed E-state index contributed by atoms with van der Waals surface area (Å²) in [5, 5.41) is 12.3. The third kappa shape index (κ3) is 4.51. The Balaban J connectivity index is 2.70. The molecule has 0 fully saturated rings. The zero-order valence-electron chi connectivity index (χ0n) is 11.3. The first-order valence-corrected chi connectivity index (χ1v) is 6.29.